The van der Waals surface area contributed by atoms with Crippen molar-refractivity contribution in [2.24, 2.45) is 0 Å². The summed E-state index contributed by atoms with van der Waals surface area (Å²) < 4.78 is 0. The molecule has 0 saturated heterocycles. The summed E-state index contributed by atoms with van der Waals surface area (Å²) in [6.07, 6.45) is 3.80. The summed E-state index contributed by atoms with van der Waals surface area (Å²) in [5.41, 5.74) is 3.24. The SMILES string of the molecule is CN(C)C(=C1CCCCC1=O)c1ccccc1. The summed E-state index contributed by atoms with van der Waals surface area (Å²) in [6, 6.07) is 10.2. The first kappa shape index (κ1) is 11.9. The van der Waals surface area contributed by atoms with Crippen LogP contribution in [0.4, 0.5) is 0 Å². The number of Topliss-reactive ketones (excluding diaryl/α,β-unsaturated/α-hetero) is 1. The number of allylic oxidation sites excluding steroid dienone is 1. The van der Waals surface area contributed by atoms with Crippen molar-refractivity contribution in [1.29, 1.82) is 0 Å². The number of rotatable bonds is 2. The number of hydrogen-bond acceptors (Lipinski definition) is 2. The topological polar surface area (TPSA) is 20.3 Å². The Morgan fingerprint density at radius 3 is 2.29 bits per heavy atom. The second-order valence-corrected chi connectivity index (χ2v) is 4.72. The molecule has 1 aromatic rings. The van der Waals surface area contributed by atoms with Gasteiger partial charge in [0.1, 0.15) is 0 Å². The highest BCUT2D eigenvalue weighted by atomic mass is 16.1. The van der Waals surface area contributed by atoms with Crippen LogP contribution in [0, 0.1) is 0 Å². The Kier molecular flexibility index (Phi) is 3.62. The van der Waals surface area contributed by atoms with Crippen molar-refractivity contribution in [3.63, 3.8) is 0 Å². The average molecular weight is 229 g/mol. The van der Waals surface area contributed by atoms with Crippen LogP contribution in [0.25, 0.3) is 5.70 Å². The van der Waals surface area contributed by atoms with Gasteiger partial charge in [-0.05, 0) is 24.8 Å². The largest absolute Gasteiger partial charge is 0.377 e. The second-order valence-electron chi connectivity index (χ2n) is 4.72. The van der Waals surface area contributed by atoms with E-state index in [1.165, 1.54) is 0 Å². The first-order valence-electron chi connectivity index (χ1n) is 6.19. The Morgan fingerprint density at radius 2 is 1.71 bits per heavy atom. The van der Waals surface area contributed by atoms with E-state index >= 15 is 0 Å². The molecule has 0 amide bonds. The highest BCUT2D eigenvalue weighted by Gasteiger charge is 2.21. The molecule has 0 bridgehead atoms. The van der Waals surface area contributed by atoms with Gasteiger partial charge in [0.2, 0.25) is 0 Å². The molecular weight excluding hydrogens is 210 g/mol. The first-order valence-corrected chi connectivity index (χ1v) is 6.19. The van der Waals surface area contributed by atoms with E-state index in [1.54, 1.807) is 0 Å². The van der Waals surface area contributed by atoms with Gasteiger partial charge in [0.05, 0.1) is 5.70 Å². The summed E-state index contributed by atoms with van der Waals surface area (Å²) >= 11 is 0. The van der Waals surface area contributed by atoms with E-state index in [0.29, 0.717) is 12.2 Å². The summed E-state index contributed by atoms with van der Waals surface area (Å²) in [5.74, 6) is 0.323. The van der Waals surface area contributed by atoms with Gasteiger partial charge in [-0.2, -0.15) is 0 Å². The molecule has 0 unspecified atom stereocenters. The zero-order chi connectivity index (χ0) is 12.3. The molecule has 2 nitrogen and oxygen atoms in total. The standard InChI is InChI=1S/C15H19NO/c1-16(2)15(12-8-4-3-5-9-12)13-10-6-7-11-14(13)17/h3-5,8-9H,6-7,10-11H2,1-2H3. The van der Waals surface area contributed by atoms with Gasteiger partial charge in [0, 0.05) is 26.1 Å². The highest BCUT2D eigenvalue weighted by Crippen LogP contribution is 2.29. The van der Waals surface area contributed by atoms with Gasteiger partial charge in [0.15, 0.2) is 5.78 Å². The van der Waals surface area contributed by atoms with Crippen LogP contribution in [-0.4, -0.2) is 24.8 Å². The third-order valence-electron chi connectivity index (χ3n) is 3.20. The lowest BCUT2D eigenvalue weighted by Gasteiger charge is -2.24. The van der Waals surface area contributed by atoms with Crippen LogP contribution in [0.15, 0.2) is 35.9 Å². The lowest BCUT2D eigenvalue weighted by Crippen LogP contribution is -2.19. The average Bonchev–Trinajstić information content (AvgIpc) is 2.33. The van der Waals surface area contributed by atoms with Gasteiger partial charge in [-0.25, -0.2) is 0 Å². The minimum absolute atomic E-state index is 0.323. The molecule has 1 fully saturated rings. The van der Waals surface area contributed by atoms with E-state index in [0.717, 1.165) is 36.1 Å². The minimum Gasteiger partial charge on any atom is -0.377 e. The molecule has 2 rings (SSSR count). The van der Waals surface area contributed by atoms with E-state index in [4.69, 9.17) is 0 Å². The molecule has 1 saturated carbocycles. The van der Waals surface area contributed by atoms with Gasteiger partial charge in [-0.3, -0.25) is 4.79 Å². The number of benzene rings is 1. The zero-order valence-electron chi connectivity index (χ0n) is 10.6. The van der Waals surface area contributed by atoms with E-state index < -0.39 is 0 Å². The number of hydrogen-bond donors (Lipinski definition) is 0. The maximum Gasteiger partial charge on any atom is 0.160 e. The Labute approximate surface area is 103 Å². The van der Waals surface area contributed by atoms with Crippen molar-refractivity contribution in [2.45, 2.75) is 25.7 Å². The Morgan fingerprint density at radius 1 is 1.06 bits per heavy atom. The lowest BCUT2D eigenvalue weighted by molar-refractivity contribution is -0.116. The lowest BCUT2D eigenvalue weighted by atomic mass is 9.90. The fourth-order valence-electron chi connectivity index (χ4n) is 2.43. The van der Waals surface area contributed by atoms with E-state index in [1.807, 2.05) is 32.3 Å². The third kappa shape index (κ3) is 2.57. The summed E-state index contributed by atoms with van der Waals surface area (Å²) in [5, 5.41) is 0. The number of nitrogens with zero attached hydrogens (tertiary/aromatic N) is 1. The fraction of sp³-hybridized carbons (Fsp3) is 0.400. The van der Waals surface area contributed by atoms with Crippen LogP contribution < -0.4 is 0 Å². The molecule has 1 aromatic carbocycles. The van der Waals surface area contributed by atoms with Gasteiger partial charge in [0.25, 0.3) is 0 Å². The van der Waals surface area contributed by atoms with E-state index in [9.17, 15) is 4.79 Å². The zero-order valence-corrected chi connectivity index (χ0v) is 10.6. The van der Waals surface area contributed by atoms with Crippen molar-refractivity contribution < 1.29 is 4.79 Å². The van der Waals surface area contributed by atoms with Crippen molar-refractivity contribution in [3.8, 4) is 0 Å². The van der Waals surface area contributed by atoms with Crippen molar-refractivity contribution in [3.05, 3.63) is 41.5 Å². The van der Waals surface area contributed by atoms with Crippen LogP contribution >= 0.6 is 0 Å². The Balaban J connectivity index is 2.48. The number of ketones is 1. The summed E-state index contributed by atoms with van der Waals surface area (Å²) in [7, 11) is 4.02. The first-order chi connectivity index (χ1) is 8.20. The highest BCUT2D eigenvalue weighted by molar-refractivity contribution is 6.02. The Bertz CT molecular complexity index is 431. The van der Waals surface area contributed by atoms with Crippen LogP contribution in [0.3, 0.4) is 0 Å². The molecule has 90 valence electrons. The molecule has 0 atom stereocenters. The predicted molar refractivity (Wildman–Crippen MR) is 70.5 cm³/mol. The molecule has 0 aliphatic heterocycles. The number of carbonyl (C=O) groups is 1. The molecule has 0 spiro atoms. The maximum atomic E-state index is 12.0. The minimum atomic E-state index is 0.323. The van der Waals surface area contributed by atoms with Crippen molar-refractivity contribution in [2.75, 3.05) is 14.1 Å². The third-order valence-corrected chi connectivity index (χ3v) is 3.20. The van der Waals surface area contributed by atoms with Gasteiger partial charge in [-0.15, -0.1) is 0 Å². The van der Waals surface area contributed by atoms with Gasteiger partial charge in [-0.1, -0.05) is 30.3 Å². The monoisotopic (exact) mass is 229 g/mol. The van der Waals surface area contributed by atoms with Crippen LogP contribution in [0.1, 0.15) is 31.2 Å². The Hall–Kier alpha value is -1.57. The molecule has 1 aliphatic carbocycles. The predicted octanol–water partition coefficient (Wildman–Crippen LogP) is 3.10. The molecule has 2 heteroatoms. The van der Waals surface area contributed by atoms with Crippen LogP contribution in [0.2, 0.25) is 0 Å². The van der Waals surface area contributed by atoms with Crippen LogP contribution in [-0.2, 0) is 4.79 Å². The van der Waals surface area contributed by atoms with Crippen molar-refractivity contribution in [1.82, 2.24) is 4.90 Å². The van der Waals surface area contributed by atoms with Gasteiger partial charge >= 0.3 is 0 Å². The normalized spacial score (nSPS) is 19.1. The smallest absolute Gasteiger partial charge is 0.160 e. The van der Waals surface area contributed by atoms with Gasteiger partial charge < -0.3 is 4.90 Å². The quantitative estimate of drug-likeness (QED) is 0.726. The molecule has 1 aliphatic rings. The summed E-state index contributed by atoms with van der Waals surface area (Å²) in [6.45, 7) is 0. The van der Waals surface area contributed by atoms with Crippen LogP contribution in [0.5, 0.6) is 0 Å². The maximum absolute atomic E-state index is 12.0. The molecule has 0 aromatic heterocycles. The number of carbonyl (C=O) groups excluding carboxylic acids is 1. The van der Waals surface area contributed by atoms with E-state index in [-0.39, 0.29) is 0 Å². The molecular formula is C15H19NO. The molecule has 17 heavy (non-hydrogen) atoms. The molecule has 0 N–H and O–H groups in total. The molecule has 0 heterocycles. The second kappa shape index (κ2) is 5.17. The molecule has 0 radical (unpaired) electrons. The van der Waals surface area contributed by atoms with Crippen molar-refractivity contribution >= 4 is 11.5 Å². The fourth-order valence-corrected chi connectivity index (χ4v) is 2.43. The summed E-state index contributed by atoms with van der Waals surface area (Å²) in [4.78, 5) is 14.1. The van der Waals surface area contributed by atoms with E-state index in [2.05, 4.69) is 17.0 Å².